The topological polar surface area (TPSA) is 88.3 Å². The van der Waals surface area contributed by atoms with Crippen LogP contribution in [-0.4, -0.2) is 34.4 Å². The summed E-state index contributed by atoms with van der Waals surface area (Å²) in [6.07, 6.45) is -3.29. The van der Waals surface area contributed by atoms with Gasteiger partial charge in [-0.15, -0.1) is 0 Å². The molecule has 2 aromatic rings. The van der Waals surface area contributed by atoms with E-state index in [4.69, 9.17) is 17.3 Å². The number of urea groups is 1. The molecule has 1 aliphatic rings. The molecule has 0 radical (unpaired) electrons. The SMILES string of the molecule is NC(=O)C1CN([C@H](c2ccc(F)c(C(F)F)n2)c2ccc(F)c(Cl)c2F)C(=O)N1. The molecule has 0 saturated carbocycles. The Labute approximate surface area is 165 Å². The average molecular weight is 435 g/mol. The monoisotopic (exact) mass is 434 g/mol. The highest BCUT2D eigenvalue weighted by molar-refractivity contribution is 6.31. The molecule has 3 amide bonds. The maximum Gasteiger partial charge on any atom is 0.319 e. The van der Waals surface area contributed by atoms with Gasteiger partial charge in [-0.05, 0) is 18.2 Å². The molecule has 1 unspecified atom stereocenters. The third-order valence-electron chi connectivity index (χ3n) is 4.33. The number of carbonyl (C=O) groups is 2. The van der Waals surface area contributed by atoms with Gasteiger partial charge in [-0.25, -0.2) is 31.7 Å². The quantitative estimate of drug-likeness (QED) is 0.560. The van der Waals surface area contributed by atoms with Gasteiger partial charge in [0.1, 0.15) is 34.4 Å². The molecule has 1 aliphatic heterocycles. The zero-order valence-corrected chi connectivity index (χ0v) is 15.1. The van der Waals surface area contributed by atoms with Gasteiger partial charge in [-0.1, -0.05) is 17.7 Å². The van der Waals surface area contributed by atoms with Crippen molar-refractivity contribution in [3.8, 4) is 0 Å². The van der Waals surface area contributed by atoms with Gasteiger partial charge in [0.15, 0.2) is 5.82 Å². The fraction of sp³-hybridized carbons (Fsp3) is 0.235. The Hall–Kier alpha value is -2.95. The summed E-state index contributed by atoms with van der Waals surface area (Å²) in [7, 11) is 0. The van der Waals surface area contributed by atoms with Crippen molar-refractivity contribution in [1.82, 2.24) is 15.2 Å². The maximum absolute atomic E-state index is 14.7. The molecule has 154 valence electrons. The second kappa shape index (κ2) is 7.82. The lowest BCUT2D eigenvalue weighted by Crippen LogP contribution is -2.39. The van der Waals surface area contributed by atoms with Crippen molar-refractivity contribution in [1.29, 1.82) is 0 Å². The Kier molecular flexibility index (Phi) is 5.60. The summed E-state index contributed by atoms with van der Waals surface area (Å²) in [5.74, 6) is -4.55. The number of rotatable bonds is 5. The molecule has 2 atom stereocenters. The van der Waals surface area contributed by atoms with Crippen LogP contribution in [0.25, 0.3) is 0 Å². The first-order valence-corrected chi connectivity index (χ1v) is 8.44. The lowest BCUT2D eigenvalue weighted by molar-refractivity contribution is -0.119. The summed E-state index contributed by atoms with van der Waals surface area (Å²) in [5.41, 5.74) is 3.22. The van der Waals surface area contributed by atoms with E-state index in [-0.39, 0.29) is 12.2 Å². The number of primary amides is 1. The minimum atomic E-state index is -3.29. The van der Waals surface area contributed by atoms with Gasteiger partial charge in [-0.2, -0.15) is 0 Å². The number of hydrogen-bond acceptors (Lipinski definition) is 3. The second-order valence-corrected chi connectivity index (χ2v) is 6.51. The molecule has 3 rings (SSSR count). The van der Waals surface area contributed by atoms with E-state index in [1.54, 1.807) is 0 Å². The van der Waals surface area contributed by atoms with Gasteiger partial charge < -0.3 is 16.0 Å². The van der Waals surface area contributed by atoms with Crippen molar-refractivity contribution in [3.63, 3.8) is 0 Å². The molecule has 0 bridgehead atoms. The van der Waals surface area contributed by atoms with Crippen molar-refractivity contribution < 1.29 is 31.5 Å². The van der Waals surface area contributed by atoms with E-state index in [1.807, 2.05) is 0 Å². The molecule has 1 saturated heterocycles. The van der Waals surface area contributed by atoms with E-state index in [2.05, 4.69) is 10.3 Å². The number of carbonyl (C=O) groups excluding carboxylic acids is 2. The van der Waals surface area contributed by atoms with Gasteiger partial charge in [0.2, 0.25) is 5.91 Å². The molecule has 1 aromatic carbocycles. The van der Waals surface area contributed by atoms with E-state index >= 15 is 0 Å². The summed E-state index contributed by atoms with van der Waals surface area (Å²) in [4.78, 5) is 28.2. The first-order chi connectivity index (χ1) is 13.6. The van der Waals surface area contributed by atoms with Crippen molar-refractivity contribution in [3.05, 3.63) is 63.7 Å². The number of halogens is 6. The van der Waals surface area contributed by atoms with Crippen molar-refractivity contribution in [2.24, 2.45) is 5.73 Å². The highest BCUT2D eigenvalue weighted by atomic mass is 35.5. The zero-order chi connectivity index (χ0) is 21.5. The smallest absolute Gasteiger partial charge is 0.319 e. The number of alkyl halides is 2. The summed E-state index contributed by atoms with van der Waals surface area (Å²) in [6.45, 7) is -0.365. The lowest BCUT2D eigenvalue weighted by Gasteiger charge is -2.28. The minimum Gasteiger partial charge on any atom is -0.368 e. The average Bonchev–Trinajstić information content (AvgIpc) is 3.04. The van der Waals surface area contributed by atoms with Crippen LogP contribution < -0.4 is 11.1 Å². The van der Waals surface area contributed by atoms with Crippen LogP contribution in [0.1, 0.15) is 29.4 Å². The highest BCUT2D eigenvalue weighted by Crippen LogP contribution is 2.35. The van der Waals surface area contributed by atoms with Gasteiger partial charge in [0.05, 0.1) is 12.2 Å². The largest absolute Gasteiger partial charge is 0.368 e. The van der Waals surface area contributed by atoms with Gasteiger partial charge in [0.25, 0.3) is 6.43 Å². The maximum atomic E-state index is 14.7. The Morgan fingerprint density at radius 1 is 1.21 bits per heavy atom. The normalized spacial score (nSPS) is 17.6. The Balaban J connectivity index is 2.18. The number of nitrogens with two attached hydrogens (primary N) is 1. The molecular weight excluding hydrogens is 423 g/mol. The molecule has 2 heterocycles. The van der Waals surface area contributed by atoms with Crippen LogP contribution in [-0.2, 0) is 4.79 Å². The summed E-state index contributed by atoms with van der Waals surface area (Å²) < 4.78 is 68.1. The molecule has 29 heavy (non-hydrogen) atoms. The first kappa shape index (κ1) is 20.8. The fourth-order valence-corrected chi connectivity index (χ4v) is 3.13. The van der Waals surface area contributed by atoms with Gasteiger partial charge in [-0.3, -0.25) is 4.79 Å². The number of amides is 3. The molecule has 6 nitrogen and oxygen atoms in total. The van der Waals surface area contributed by atoms with E-state index in [0.29, 0.717) is 6.07 Å². The predicted octanol–water partition coefficient (Wildman–Crippen LogP) is 3.06. The number of nitrogens with one attached hydrogen (secondary N) is 1. The molecule has 1 fully saturated rings. The van der Waals surface area contributed by atoms with Crippen LogP contribution in [0.2, 0.25) is 5.02 Å². The molecule has 1 aromatic heterocycles. The second-order valence-electron chi connectivity index (χ2n) is 6.13. The zero-order valence-electron chi connectivity index (χ0n) is 14.3. The van der Waals surface area contributed by atoms with Crippen LogP contribution in [0.15, 0.2) is 24.3 Å². The number of benzene rings is 1. The molecule has 12 heteroatoms. The van der Waals surface area contributed by atoms with E-state index in [9.17, 15) is 31.5 Å². The standard InChI is InChI=1S/C17H12ClF5N4O2/c18-11-7(19)2-1-6(12(11)21)14(27-5-10(16(24)28)26-17(27)29)9-4-3-8(20)13(25-9)15(22)23/h1-4,10,14-15H,5H2,(H2,24,28)(H,26,29)/t10?,14-/m0/s1. The lowest BCUT2D eigenvalue weighted by atomic mass is 10.00. The van der Waals surface area contributed by atoms with Crippen LogP contribution >= 0.6 is 11.6 Å². The molecule has 3 N–H and O–H groups in total. The van der Waals surface area contributed by atoms with Crippen LogP contribution in [0.5, 0.6) is 0 Å². The van der Waals surface area contributed by atoms with Crippen molar-refractivity contribution in [2.75, 3.05) is 6.54 Å². The minimum absolute atomic E-state index is 0.344. The fourth-order valence-electron chi connectivity index (χ4n) is 2.96. The summed E-state index contributed by atoms with van der Waals surface area (Å²) >= 11 is 5.60. The van der Waals surface area contributed by atoms with E-state index in [1.165, 1.54) is 0 Å². The van der Waals surface area contributed by atoms with Crippen LogP contribution in [0.4, 0.5) is 26.7 Å². The van der Waals surface area contributed by atoms with E-state index < -0.39 is 64.2 Å². The third-order valence-corrected chi connectivity index (χ3v) is 4.68. The van der Waals surface area contributed by atoms with Crippen molar-refractivity contribution in [2.45, 2.75) is 18.5 Å². The van der Waals surface area contributed by atoms with Crippen LogP contribution in [0.3, 0.4) is 0 Å². The molecular formula is C17H12ClF5N4O2. The predicted molar refractivity (Wildman–Crippen MR) is 90.6 cm³/mol. The highest BCUT2D eigenvalue weighted by Gasteiger charge is 2.40. The van der Waals surface area contributed by atoms with Crippen LogP contribution in [0, 0.1) is 17.5 Å². The summed E-state index contributed by atoms with van der Waals surface area (Å²) in [5, 5.41) is 1.36. The number of pyridine rings is 1. The summed E-state index contributed by atoms with van der Waals surface area (Å²) in [6, 6.07) is -0.158. The number of aromatic nitrogens is 1. The van der Waals surface area contributed by atoms with Gasteiger partial charge >= 0.3 is 6.03 Å². The van der Waals surface area contributed by atoms with Crippen molar-refractivity contribution >= 4 is 23.5 Å². The first-order valence-electron chi connectivity index (χ1n) is 8.06. The van der Waals surface area contributed by atoms with Gasteiger partial charge in [0, 0.05) is 5.56 Å². The third kappa shape index (κ3) is 3.82. The Morgan fingerprint density at radius 3 is 2.45 bits per heavy atom. The number of nitrogens with zero attached hydrogens (tertiary/aromatic N) is 2. The Morgan fingerprint density at radius 2 is 1.86 bits per heavy atom. The molecule has 0 spiro atoms. The number of hydrogen-bond donors (Lipinski definition) is 2. The van der Waals surface area contributed by atoms with E-state index in [0.717, 1.165) is 23.1 Å². The Bertz CT molecular complexity index is 991. The molecule has 0 aliphatic carbocycles.